The predicted octanol–water partition coefficient (Wildman–Crippen LogP) is 5.65. The Hall–Kier alpha value is -1.28. The minimum Gasteiger partial charge on any atom is -0.384 e. The second-order valence-electron chi connectivity index (χ2n) is 6.03. The van der Waals surface area contributed by atoms with E-state index in [0.29, 0.717) is 0 Å². The molecule has 1 aromatic carbocycles. The van der Waals surface area contributed by atoms with Gasteiger partial charge in [-0.05, 0) is 42.2 Å². The second-order valence-corrected chi connectivity index (χ2v) is 6.98. The van der Waals surface area contributed by atoms with Crippen molar-refractivity contribution in [1.29, 1.82) is 0 Å². The lowest BCUT2D eigenvalue weighted by molar-refractivity contribution is 0.300. The number of thiophene rings is 1. The van der Waals surface area contributed by atoms with Crippen molar-refractivity contribution in [2.24, 2.45) is 11.8 Å². The Morgan fingerprint density at radius 1 is 1.05 bits per heavy atom. The summed E-state index contributed by atoms with van der Waals surface area (Å²) in [7, 11) is 0. The molecule has 0 unspecified atom stereocenters. The Kier molecular flexibility index (Phi) is 4.41. The molecule has 1 saturated carbocycles. The van der Waals surface area contributed by atoms with Crippen LogP contribution in [0.1, 0.15) is 32.6 Å². The molecule has 20 heavy (non-hydrogen) atoms. The average Bonchev–Trinajstić information content (AvgIpc) is 3.01. The number of para-hydroxylation sites is 1. The summed E-state index contributed by atoms with van der Waals surface area (Å²) in [5.41, 5.74) is 2.63. The highest BCUT2D eigenvalue weighted by Gasteiger charge is 2.18. The highest BCUT2D eigenvalue weighted by molar-refractivity contribution is 7.13. The van der Waals surface area contributed by atoms with Gasteiger partial charge in [0.05, 0.1) is 0 Å². The Morgan fingerprint density at radius 2 is 1.85 bits per heavy atom. The maximum absolute atomic E-state index is 3.69. The lowest BCUT2D eigenvalue weighted by Crippen LogP contribution is -2.20. The van der Waals surface area contributed by atoms with E-state index in [1.54, 1.807) is 0 Å². The van der Waals surface area contributed by atoms with Gasteiger partial charge < -0.3 is 5.32 Å². The third kappa shape index (κ3) is 3.24. The van der Waals surface area contributed by atoms with E-state index in [0.717, 1.165) is 18.4 Å². The van der Waals surface area contributed by atoms with Crippen molar-refractivity contribution >= 4 is 17.0 Å². The number of hydrogen-bond acceptors (Lipinski definition) is 2. The molecule has 1 heterocycles. The maximum Gasteiger partial charge on any atom is 0.0428 e. The van der Waals surface area contributed by atoms with Crippen LogP contribution in [0.5, 0.6) is 0 Å². The van der Waals surface area contributed by atoms with Gasteiger partial charge in [-0.1, -0.05) is 44.0 Å². The molecule has 1 aliphatic rings. The van der Waals surface area contributed by atoms with Gasteiger partial charge in [0.2, 0.25) is 0 Å². The van der Waals surface area contributed by atoms with Crippen molar-refractivity contribution in [3.8, 4) is 10.4 Å². The van der Waals surface area contributed by atoms with Gasteiger partial charge in [0.25, 0.3) is 0 Å². The Morgan fingerprint density at radius 3 is 2.60 bits per heavy atom. The van der Waals surface area contributed by atoms with Crippen molar-refractivity contribution in [3.63, 3.8) is 0 Å². The van der Waals surface area contributed by atoms with Gasteiger partial charge >= 0.3 is 0 Å². The summed E-state index contributed by atoms with van der Waals surface area (Å²) in [6.45, 7) is 3.50. The van der Waals surface area contributed by atoms with E-state index >= 15 is 0 Å². The van der Waals surface area contributed by atoms with Gasteiger partial charge in [0.15, 0.2) is 0 Å². The van der Waals surface area contributed by atoms with Gasteiger partial charge in [-0.3, -0.25) is 0 Å². The summed E-state index contributed by atoms with van der Waals surface area (Å²) in [4.78, 5) is 1.35. The van der Waals surface area contributed by atoms with Crippen LogP contribution in [0.15, 0.2) is 41.8 Å². The topological polar surface area (TPSA) is 12.0 Å². The van der Waals surface area contributed by atoms with E-state index < -0.39 is 0 Å². The van der Waals surface area contributed by atoms with Crippen LogP contribution in [0.25, 0.3) is 10.4 Å². The number of nitrogens with one attached hydrogen (secondary N) is 1. The molecule has 0 bridgehead atoms. The molecule has 0 saturated heterocycles. The van der Waals surface area contributed by atoms with Gasteiger partial charge in [0.1, 0.15) is 0 Å². The van der Waals surface area contributed by atoms with Crippen molar-refractivity contribution in [2.45, 2.75) is 32.6 Å². The minimum absolute atomic E-state index is 0.850. The standard InChI is InChI=1S/C18H23NS/c1-14-8-10-15(11-9-14)13-19-17-6-3-2-5-16(17)18-7-4-12-20-18/h2-7,12,14-15,19H,8-11,13H2,1H3. The first-order valence-electron chi connectivity index (χ1n) is 7.69. The quantitative estimate of drug-likeness (QED) is 0.765. The summed E-state index contributed by atoms with van der Waals surface area (Å²) in [5, 5.41) is 5.84. The lowest BCUT2D eigenvalue weighted by atomic mass is 9.83. The molecule has 3 rings (SSSR count). The molecule has 1 N–H and O–H groups in total. The van der Waals surface area contributed by atoms with Crippen LogP contribution in [-0.2, 0) is 0 Å². The van der Waals surface area contributed by atoms with E-state index in [9.17, 15) is 0 Å². The van der Waals surface area contributed by atoms with Crippen molar-refractivity contribution < 1.29 is 0 Å². The van der Waals surface area contributed by atoms with E-state index in [-0.39, 0.29) is 0 Å². The van der Waals surface area contributed by atoms with Crippen LogP contribution in [0.3, 0.4) is 0 Å². The summed E-state index contributed by atoms with van der Waals surface area (Å²) in [6, 6.07) is 13.0. The van der Waals surface area contributed by atoms with Crippen molar-refractivity contribution in [3.05, 3.63) is 41.8 Å². The fourth-order valence-corrected chi connectivity index (χ4v) is 3.84. The SMILES string of the molecule is CC1CCC(CNc2ccccc2-c2cccs2)CC1. The predicted molar refractivity (Wildman–Crippen MR) is 89.4 cm³/mol. The molecular weight excluding hydrogens is 262 g/mol. The van der Waals surface area contributed by atoms with E-state index in [1.165, 1.54) is 41.8 Å². The molecule has 0 amide bonds. The molecule has 0 aliphatic heterocycles. The zero-order valence-electron chi connectivity index (χ0n) is 12.1. The zero-order chi connectivity index (χ0) is 13.8. The Bertz CT molecular complexity index is 524. The summed E-state index contributed by atoms with van der Waals surface area (Å²) in [5.74, 6) is 1.78. The fourth-order valence-electron chi connectivity index (χ4n) is 3.07. The molecule has 0 radical (unpaired) electrons. The highest BCUT2D eigenvalue weighted by atomic mass is 32.1. The smallest absolute Gasteiger partial charge is 0.0428 e. The van der Waals surface area contributed by atoms with Crippen LogP contribution in [0.2, 0.25) is 0 Å². The van der Waals surface area contributed by atoms with E-state index in [2.05, 4.69) is 54.0 Å². The van der Waals surface area contributed by atoms with E-state index in [4.69, 9.17) is 0 Å². The van der Waals surface area contributed by atoms with Crippen LogP contribution < -0.4 is 5.32 Å². The van der Waals surface area contributed by atoms with Crippen LogP contribution in [0, 0.1) is 11.8 Å². The second kappa shape index (κ2) is 6.45. The van der Waals surface area contributed by atoms with E-state index in [1.807, 2.05) is 11.3 Å². The zero-order valence-corrected chi connectivity index (χ0v) is 13.0. The molecule has 0 atom stereocenters. The highest BCUT2D eigenvalue weighted by Crippen LogP contribution is 2.33. The maximum atomic E-state index is 3.69. The fraction of sp³-hybridized carbons (Fsp3) is 0.444. The number of benzene rings is 1. The van der Waals surface area contributed by atoms with Crippen LogP contribution in [-0.4, -0.2) is 6.54 Å². The summed E-state index contributed by atoms with van der Waals surface area (Å²) < 4.78 is 0. The number of rotatable bonds is 4. The van der Waals surface area contributed by atoms with Gasteiger partial charge in [-0.25, -0.2) is 0 Å². The van der Waals surface area contributed by atoms with Crippen LogP contribution in [0.4, 0.5) is 5.69 Å². The molecule has 2 aromatic rings. The first-order chi connectivity index (χ1) is 9.83. The van der Waals surface area contributed by atoms with Crippen LogP contribution >= 0.6 is 11.3 Å². The number of hydrogen-bond donors (Lipinski definition) is 1. The molecule has 1 aromatic heterocycles. The minimum atomic E-state index is 0.850. The summed E-state index contributed by atoms with van der Waals surface area (Å²) >= 11 is 1.81. The van der Waals surface area contributed by atoms with Gasteiger partial charge in [0, 0.05) is 22.7 Å². The lowest BCUT2D eigenvalue weighted by Gasteiger charge is -2.26. The molecular formula is C18H23NS. The average molecular weight is 285 g/mol. The molecule has 1 fully saturated rings. The van der Waals surface area contributed by atoms with Gasteiger partial charge in [-0.15, -0.1) is 11.3 Å². The first-order valence-corrected chi connectivity index (χ1v) is 8.57. The molecule has 1 nitrogen and oxygen atoms in total. The van der Waals surface area contributed by atoms with Crippen molar-refractivity contribution in [1.82, 2.24) is 0 Å². The summed E-state index contributed by atoms with van der Waals surface area (Å²) in [6.07, 6.45) is 5.57. The normalized spacial score (nSPS) is 22.6. The first kappa shape index (κ1) is 13.7. The molecule has 106 valence electrons. The third-order valence-electron chi connectivity index (χ3n) is 4.43. The van der Waals surface area contributed by atoms with Crippen molar-refractivity contribution in [2.75, 3.05) is 11.9 Å². The molecule has 0 spiro atoms. The molecule has 2 heteroatoms. The molecule has 1 aliphatic carbocycles. The monoisotopic (exact) mass is 285 g/mol. The largest absolute Gasteiger partial charge is 0.384 e. The number of anilines is 1. The van der Waals surface area contributed by atoms with Gasteiger partial charge in [-0.2, -0.15) is 0 Å². The Labute approximate surface area is 126 Å². The Balaban J connectivity index is 1.66. The third-order valence-corrected chi connectivity index (χ3v) is 5.33.